The van der Waals surface area contributed by atoms with Crippen LogP contribution in [0.5, 0.6) is 5.75 Å². The van der Waals surface area contributed by atoms with Gasteiger partial charge in [-0.25, -0.2) is 9.59 Å². The van der Waals surface area contributed by atoms with Gasteiger partial charge in [0.25, 0.3) is 0 Å². The number of aliphatic hydroxyl groups excluding tert-OH is 1. The van der Waals surface area contributed by atoms with E-state index < -0.39 is 11.9 Å². The first kappa shape index (κ1) is 40.7. The van der Waals surface area contributed by atoms with Gasteiger partial charge in [-0.05, 0) is 106 Å². The Kier molecular flexibility index (Phi) is 17.5. The summed E-state index contributed by atoms with van der Waals surface area (Å²) in [6.45, 7) is 20.4. The maximum atomic E-state index is 12.7. The summed E-state index contributed by atoms with van der Waals surface area (Å²) >= 11 is 0. The van der Waals surface area contributed by atoms with Crippen molar-refractivity contribution in [1.82, 2.24) is 0 Å². The van der Waals surface area contributed by atoms with E-state index in [1.54, 1.807) is 13.8 Å². The average Bonchev–Trinajstić information content (AvgIpc) is 3.10. The van der Waals surface area contributed by atoms with Crippen molar-refractivity contribution < 1.29 is 33.6 Å². The van der Waals surface area contributed by atoms with Gasteiger partial charge in [-0.2, -0.15) is 0 Å². The molecule has 0 amide bonds. The van der Waals surface area contributed by atoms with Gasteiger partial charge in [-0.15, -0.1) is 0 Å². The van der Waals surface area contributed by atoms with Crippen LogP contribution in [-0.2, 0) is 43.2 Å². The predicted molar refractivity (Wildman–Crippen MR) is 201 cm³/mol. The molecule has 0 radical (unpaired) electrons. The lowest BCUT2D eigenvalue weighted by Crippen LogP contribution is -2.20. The molecule has 0 spiro atoms. The van der Waals surface area contributed by atoms with E-state index in [-0.39, 0.29) is 32.3 Å². The summed E-state index contributed by atoms with van der Waals surface area (Å²) < 4.78 is 24.0. The largest absolute Gasteiger partial charge is 0.489 e. The highest BCUT2D eigenvalue weighted by Crippen LogP contribution is 2.46. The second kappa shape index (κ2) is 21.5. The molecule has 0 unspecified atom stereocenters. The molecular weight excluding hydrogens is 628 g/mol. The molecular formula is C43H60O7. The van der Waals surface area contributed by atoms with Crippen molar-refractivity contribution in [3.8, 4) is 16.9 Å². The van der Waals surface area contributed by atoms with Gasteiger partial charge < -0.3 is 24.1 Å². The van der Waals surface area contributed by atoms with Crippen molar-refractivity contribution in [3.63, 3.8) is 0 Å². The zero-order valence-corrected chi connectivity index (χ0v) is 31.1. The number of aliphatic hydroxyl groups is 1. The third-order valence-corrected chi connectivity index (χ3v) is 9.33. The second-order valence-electron chi connectivity index (χ2n) is 13.9. The molecule has 0 aromatic heterocycles. The van der Waals surface area contributed by atoms with Crippen LogP contribution in [0.1, 0.15) is 114 Å². The van der Waals surface area contributed by atoms with Crippen molar-refractivity contribution >= 4 is 11.9 Å². The number of unbranched alkanes of at least 4 members (excludes halogenated alkanes) is 2. The lowest BCUT2D eigenvalue weighted by atomic mass is 9.73. The monoisotopic (exact) mass is 688 g/mol. The molecule has 50 heavy (non-hydrogen) atoms. The van der Waals surface area contributed by atoms with Gasteiger partial charge in [0.1, 0.15) is 25.6 Å². The van der Waals surface area contributed by atoms with Gasteiger partial charge in [-0.1, -0.05) is 82.2 Å². The minimum atomic E-state index is -0.452. The molecule has 2 aromatic rings. The van der Waals surface area contributed by atoms with Crippen LogP contribution in [0, 0.1) is 5.92 Å². The van der Waals surface area contributed by atoms with E-state index in [0.717, 1.165) is 77.2 Å². The fourth-order valence-corrected chi connectivity index (χ4v) is 6.70. The Morgan fingerprint density at radius 2 is 1.52 bits per heavy atom. The number of hydrogen-bond donors (Lipinski definition) is 1. The summed E-state index contributed by atoms with van der Waals surface area (Å²) in [5.41, 5.74) is 7.77. The van der Waals surface area contributed by atoms with E-state index >= 15 is 0 Å². The van der Waals surface area contributed by atoms with Gasteiger partial charge >= 0.3 is 11.9 Å². The average molecular weight is 689 g/mol. The van der Waals surface area contributed by atoms with Crippen LogP contribution >= 0.6 is 0 Å². The van der Waals surface area contributed by atoms with Crippen LogP contribution in [0.15, 0.2) is 66.8 Å². The van der Waals surface area contributed by atoms with Crippen LogP contribution in [0.2, 0.25) is 0 Å². The summed E-state index contributed by atoms with van der Waals surface area (Å²) in [6.07, 6.45) is 11.5. The molecule has 7 nitrogen and oxygen atoms in total. The maximum Gasteiger partial charge on any atom is 0.333 e. The highest BCUT2D eigenvalue weighted by molar-refractivity contribution is 5.87. The Bertz CT molecular complexity index is 1430. The topological polar surface area (TPSA) is 91.3 Å². The Hall–Kier alpha value is -3.68. The molecule has 1 aliphatic carbocycles. The summed E-state index contributed by atoms with van der Waals surface area (Å²) in [5, 5.41) is 9.36. The number of ether oxygens (including phenoxy) is 4. The minimum Gasteiger partial charge on any atom is -0.489 e. The Labute approximate surface area is 300 Å². The zero-order valence-electron chi connectivity index (χ0n) is 31.1. The van der Waals surface area contributed by atoms with Crippen LogP contribution in [-0.4, -0.2) is 50.1 Å². The second-order valence-corrected chi connectivity index (χ2v) is 13.9. The Morgan fingerprint density at radius 1 is 0.840 bits per heavy atom. The number of carbonyl (C=O) groups excluding carboxylic acids is 2. The first-order valence-corrected chi connectivity index (χ1v) is 18.4. The van der Waals surface area contributed by atoms with E-state index in [9.17, 15) is 14.7 Å². The molecule has 1 saturated carbocycles. The van der Waals surface area contributed by atoms with Gasteiger partial charge in [0.2, 0.25) is 0 Å². The molecule has 274 valence electrons. The molecule has 0 saturated heterocycles. The summed E-state index contributed by atoms with van der Waals surface area (Å²) in [6, 6.07) is 10.4. The predicted octanol–water partition coefficient (Wildman–Crippen LogP) is 9.39. The smallest absolute Gasteiger partial charge is 0.333 e. The fourth-order valence-electron chi connectivity index (χ4n) is 6.70. The van der Waals surface area contributed by atoms with E-state index in [1.165, 1.54) is 31.2 Å². The molecule has 0 bridgehead atoms. The number of carbonyl (C=O) groups is 2. The fraction of sp³-hybridized carbons (Fsp3) is 0.535. The van der Waals surface area contributed by atoms with Gasteiger partial charge in [0, 0.05) is 28.9 Å². The third-order valence-electron chi connectivity index (χ3n) is 9.33. The van der Waals surface area contributed by atoms with E-state index in [0.29, 0.717) is 37.2 Å². The summed E-state index contributed by atoms with van der Waals surface area (Å²) in [5.74, 6) is 0.856. The van der Waals surface area contributed by atoms with Gasteiger partial charge in [0.15, 0.2) is 0 Å². The highest BCUT2D eigenvalue weighted by Gasteiger charge is 2.30. The lowest BCUT2D eigenvalue weighted by Gasteiger charge is -2.33. The highest BCUT2D eigenvalue weighted by atomic mass is 16.6. The minimum absolute atomic E-state index is 0.0764. The quantitative estimate of drug-likeness (QED) is 0.0571. The zero-order chi connectivity index (χ0) is 36.5. The molecule has 0 aliphatic heterocycles. The van der Waals surface area contributed by atoms with Crippen molar-refractivity contribution in [1.29, 1.82) is 0 Å². The number of aryl methyl sites for hydroxylation is 1. The number of rotatable bonds is 22. The van der Waals surface area contributed by atoms with E-state index in [1.807, 2.05) is 6.92 Å². The van der Waals surface area contributed by atoms with Crippen LogP contribution in [0.25, 0.3) is 11.1 Å². The van der Waals surface area contributed by atoms with Crippen molar-refractivity contribution in [2.24, 2.45) is 5.92 Å². The maximum absolute atomic E-state index is 12.7. The number of hydrogen-bond acceptors (Lipinski definition) is 7. The SMILES string of the molecule is C=C(C)COCCc1c(OCCOC(=O)C(=C)C)c(-c2ccc(CCCO)cc2)cc(COC(=O)C(=C)C)c1C1CCC(CCCCC)CC1. The molecule has 1 fully saturated rings. The summed E-state index contributed by atoms with van der Waals surface area (Å²) in [7, 11) is 0. The van der Waals surface area contributed by atoms with Crippen molar-refractivity contribution in [3.05, 3.63) is 89.0 Å². The van der Waals surface area contributed by atoms with E-state index in [2.05, 4.69) is 57.0 Å². The number of esters is 2. The Balaban J connectivity index is 2.15. The normalized spacial score (nSPS) is 15.7. The standard InChI is InChI=1S/C43H60O7/c1-8-9-10-12-33-16-20-36(21-17-33)40-37(29-50-43(46)32(6)7)27-39(35-18-14-34(15-19-35)13-11-23-44)41(38(40)22-24-47-28-30(2)3)48-25-26-49-42(45)31(4)5/h14-15,18-19,27,33,36,44H,2,4,6,8-13,16-17,20-26,28-29H2,1,3,5,7H3. The lowest BCUT2D eigenvalue weighted by molar-refractivity contribution is -0.140. The summed E-state index contributed by atoms with van der Waals surface area (Å²) in [4.78, 5) is 24.9. The van der Waals surface area contributed by atoms with Crippen LogP contribution in [0.3, 0.4) is 0 Å². The molecule has 2 aromatic carbocycles. The third kappa shape index (κ3) is 12.9. The van der Waals surface area contributed by atoms with E-state index in [4.69, 9.17) is 18.9 Å². The van der Waals surface area contributed by atoms with Gasteiger partial charge in [0.05, 0.1) is 13.2 Å². The molecule has 0 heterocycles. The van der Waals surface area contributed by atoms with Crippen LogP contribution in [0.4, 0.5) is 0 Å². The molecule has 1 N–H and O–H groups in total. The molecule has 3 rings (SSSR count). The molecule has 0 atom stereocenters. The van der Waals surface area contributed by atoms with Gasteiger partial charge in [-0.3, -0.25) is 0 Å². The molecule has 1 aliphatic rings. The van der Waals surface area contributed by atoms with Crippen molar-refractivity contribution in [2.75, 3.05) is 33.0 Å². The van der Waals surface area contributed by atoms with Crippen LogP contribution < -0.4 is 4.74 Å². The first-order valence-electron chi connectivity index (χ1n) is 18.4. The first-order chi connectivity index (χ1) is 24.0. The Morgan fingerprint density at radius 3 is 2.14 bits per heavy atom. The number of benzene rings is 2. The molecule has 7 heteroatoms. The van der Waals surface area contributed by atoms with Crippen molar-refractivity contribution in [2.45, 2.75) is 111 Å².